The number of hydrogen-bond donors (Lipinski definition) is 1. The van der Waals surface area contributed by atoms with Crippen LogP contribution in [0, 0.1) is 5.92 Å². The zero-order valence-electron chi connectivity index (χ0n) is 11.7. The van der Waals surface area contributed by atoms with Crippen LogP contribution < -0.4 is 9.88 Å². The number of benzene rings is 1. The highest BCUT2D eigenvalue weighted by Crippen LogP contribution is 2.25. The minimum atomic E-state index is -3.69. The van der Waals surface area contributed by atoms with E-state index in [-0.39, 0.29) is 30.0 Å². The average molecular weight is 313 g/mol. The number of carbonyl (C=O) groups is 1. The van der Waals surface area contributed by atoms with Gasteiger partial charge in [-0.3, -0.25) is 4.79 Å². The van der Waals surface area contributed by atoms with Crippen molar-refractivity contribution in [3.63, 3.8) is 0 Å². The molecule has 1 fully saturated rings. The quantitative estimate of drug-likeness (QED) is 0.633. The number of primary sulfonamides is 1. The van der Waals surface area contributed by atoms with E-state index in [0.29, 0.717) is 5.75 Å². The summed E-state index contributed by atoms with van der Waals surface area (Å²) in [6, 6.07) is 5.77. The predicted octanol–water partition coefficient (Wildman–Crippen LogP) is 1.45. The van der Waals surface area contributed by atoms with Crippen molar-refractivity contribution < 1.29 is 22.7 Å². The maximum absolute atomic E-state index is 11.7. The molecule has 116 valence electrons. The third-order valence-electron chi connectivity index (χ3n) is 3.44. The topological polar surface area (TPSA) is 95.7 Å². The molecule has 21 heavy (non-hydrogen) atoms. The summed E-state index contributed by atoms with van der Waals surface area (Å²) in [6.45, 7) is 0.416. The van der Waals surface area contributed by atoms with Crippen molar-refractivity contribution in [3.05, 3.63) is 24.3 Å². The Bertz CT molecular complexity index is 576. The lowest BCUT2D eigenvalue weighted by molar-refractivity contribution is -0.149. The van der Waals surface area contributed by atoms with Gasteiger partial charge in [-0.2, -0.15) is 0 Å². The molecule has 2 N–H and O–H groups in total. The van der Waals surface area contributed by atoms with Crippen LogP contribution in [0.15, 0.2) is 29.2 Å². The lowest BCUT2D eigenvalue weighted by atomic mass is 10.1. The predicted molar refractivity (Wildman–Crippen MR) is 76.2 cm³/mol. The standard InChI is InChI=1S/C14H19NO5S/c15-21(17,18)13-7-5-12(6-8-13)19-9-10-20-14(16)11-3-1-2-4-11/h5-8,11H,1-4,9-10H2,(H2,15,17,18). The van der Waals surface area contributed by atoms with Crippen LogP contribution in [0.2, 0.25) is 0 Å². The van der Waals surface area contributed by atoms with Gasteiger partial charge in [-0.25, -0.2) is 13.6 Å². The molecule has 7 heteroatoms. The molecule has 0 heterocycles. The Morgan fingerprint density at radius 1 is 1.14 bits per heavy atom. The van der Waals surface area contributed by atoms with Crippen molar-refractivity contribution in [2.24, 2.45) is 11.1 Å². The van der Waals surface area contributed by atoms with Crippen molar-refractivity contribution in [3.8, 4) is 5.75 Å². The largest absolute Gasteiger partial charge is 0.490 e. The molecule has 0 saturated heterocycles. The highest BCUT2D eigenvalue weighted by molar-refractivity contribution is 7.89. The van der Waals surface area contributed by atoms with Crippen molar-refractivity contribution >= 4 is 16.0 Å². The van der Waals surface area contributed by atoms with Gasteiger partial charge in [0.05, 0.1) is 10.8 Å². The molecule has 0 bridgehead atoms. The second-order valence-electron chi connectivity index (χ2n) is 5.01. The van der Waals surface area contributed by atoms with E-state index in [1.165, 1.54) is 24.3 Å². The molecule has 6 nitrogen and oxygen atoms in total. The fourth-order valence-electron chi connectivity index (χ4n) is 2.31. The number of ether oxygens (including phenoxy) is 2. The number of sulfonamides is 1. The molecule has 0 radical (unpaired) electrons. The highest BCUT2D eigenvalue weighted by Gasteiger charge is 2.23. The second-order valence-corrected chi connectivity index (χ2v) is 6.58. The molecule has 1 saturated carbocycles. The smallest absolute Gasteiger partial charge is 0.309 e. The first kappa shape index (κ1) is 15.8. The van der Waals surface area contributed by atoms with E-state index in [2.05, 4.69) is 0 Å². The summed E-state index contributed by atoms with van der Waals surface area (Å²) in [4.78, 5) is 11.7. The van der Waals surface area contributed by atoms with E-state index in [1.807, 2.05) is 0 Å². The van der Waals surface area contributed by atoms with Gasteiger partial charge >= 0.3 is 5.97 Å². The summed E-state index contributed by atoms with van der Waals surface area (Å²) < 4.78 is 32.7. The third kappa shape index (κ3) is 4.71. The maximum Gasteiger partial charge on any atom is 0.309 e. The highest BCUT2D eigenvalue weighted by atomic mass is 32.2. The summed E-state index contributed by atoms with van der Waals surface area (Å²) in [5.41, 5.74) is 0. The summed E-state index contributed by atoms with van der Waals surface area (Å²) >= 11 is 0. The summed E-state index contributed by atoms with van der Waals surface area (Å²) in [5.74, 6) is 0.388. The molecule has 1 aliphatic carbocycles. The van der Waals surface area contributed by atoms with Crippen molar-refractivity contribution in [1.82, 2.24) is 0 Å². The van der Waals surface area contributed by atoms with Crippen LogP contribution in [0.25, 0.3) is 0 Å². The lowest BCUT2D eigenvalue weighted by Gasteiger charge is -2.10. The SMILES string of the molecule is NS(=O)(=O)c1ccc(OCCOC(=O)C2CCCC2)cc1. The first-order valence-corrected chi connectivity index (χ1v) is 8.44. The molecule has 0 spiro atoms. The van der Waals surface area contributed by atoms with Crippen LogP contribution >= 0.6 is 0 Å². The Labute approximate surface area is 124 Å². The van der Waals surface area contributed by atoms with Gasteiger partial charge in [0, 0.05) is 0 Å². The van der Waals surface area contributed by atoms with Gasteiger partial charge in [-0.05, 0) is 37.1 Å². The molecule has 0 aromatic heterocycles. The molecule has 2 rings (SSSR count). The summed E-state index contributed by atoms with van der Waals surface area (Å²) in [6.07, 6.45) is 4.00. The monoisotopic (exact) mass is 313 g/mol. The van der Waals surface area contributed by atoms with Crippen LogP contribution in [-0.2, 0) is 19.6 Å². The Kier molecular flexibility index (Phi) is 5.19. The van der Waals surface area contributed by atoms with Crippen LogP contribution in [-0.4, -0.2) is 27.6 Å². The van der Waals surface area contributed by atoms with Gasteiger partial charge in [0.15, 0.2) is 0 Å². The third-order valence-corrected chi connectivity index (χ3v) is 4.37. The van der Waals surface area contributed by atoms with E-state index < -0.39 is 10.0 Å². The first-order chi connectivity index (χ1) is 9.97. The molecular formula is C14H19NO5S. The first-order valence-electron chi connectivity index (χ1n) is 6.89. The number of hydrogen-bond acceptors (Lipinski definition) is 5. The summed E-state index contributed by atoms with van der Waals surface area (Å²) in [7, 11) is -3.69. The number of rotatable bonds is 6. The zero-order valence-corrected chi connectivity index (χ0v) is 12.5. The van der Waals surface area contributed by atoms with E-state index >= 15 is 0 Å². The fraction of sp³-hybridized carbons (Fsp3) is 0.500. The Balaban J connectivity index is 1.72. The fourth-order valence-corrected chi connectivity index (χ4v) is 2.82. The number of nitrogens with two attached hydrogens (primary N) is 1. The number of esters is 1. The molecular weight excluding hydrogens is 294 g/mol. The zero-order chi connectivity index (χ0) is 15.3. The van der Waals surface area contributed by atoms with Gasteiger partial charge < -0.3 is 9.47 Å². The molecule has 0 amide bonds. The van der Waals surface area contributed by atoms with E-state index in [1.54, 1.807) is 0 Å². The number of carbonyl (C=O) groups excluding carboxylic acids is 1. The molecule has 0 unspecified atom stereocenters. The van der Waals surface area contributed by atoms with Gasteiger partial charge in [0.25, 0.3) is 0 Å². The second kappa shape index (κ2) is 6.91. The Hall–Kier alpha value is -1.60. The van der Waals surface area contributed by atoms with Crippen molar-refractivity contribution in [1.29, 1.82) is 0 Å². The van der Waals surface area contributed by atoms with E-state index in [9.17, 15) is 13.2 Å². The van der Waals surface area contributed by atoms with Gasteiger partial charge in [-0.1, -0.05) is 12.8 Å². The van der Waals surface area contributed by atoms with Gasteiger partial charge in [0.2, 0.25) is 10.0 Å². The minimum absolute atomic E-state index is 0.0301. The van der Waals surface area contributed by atoms with E-state index in [4.69, 9.17) is 14.6 Å². The van der Waals surface area contributed by atoms with Gasteiger partial charge in [0.1, 0.15) is 19.0 Å². The van der Waals surface area contributed by atoms with Crippen LogP contribution in [0.1, 0.15) is 25.7 Å². The Morgan fingerprint density at radius 3 is 2.33 bits per heavy atom. The van der Waals surface area contributed by atoms with Crippen molar-refractivity contribution in [2.45, 2.75) is 30.6 Å². The molecule has 1 aromatic carbocycles. The molecule has 0 atom stereocenters. The van der Waals surface area contributed by atoms with Gasteiger partial charge in [-0.15, -0.1) is 0 Å². The van der Waals surface area contributed by atoms with Crippen LogP contribution in [0.5, 0.6) is 5.75 Å². The molecule has 1 aromatic rings. The average Bonchev–Trinajstić information content (AvgIpc) is 2.97. The lowest BCUT2D eigenvalue weighted by Crippen LogP contribution is -2.18. The van der Waals surface area contributed by atoms with Crippen LogP contribution in [0.4, 0.5) is 0 Å². The van der Waals surface area contributed by atoms with E-state index in [0.717, 1.165) is 25.7 Å². The summed E-state index contributed by atoms with van der Waals surface area (Å²) in [5, 5.41) is 5.00. The van der Waals surface area contributed by atoms with Crippen molar-refractivity contribution in [2.75, 3.05) is 13.2 Å². The normalized spacial score (nSPS) is 15.9. The minimum Gasteiger partial charge on any atom is -0.490 e. The van der Waals surface area contributed by atoms with Crippen LogP contribution in [0.3, 0.4) is 0 Å². The Morgan fingerprint density at radius 2 is 1.76 bits per heavy atom. The maximum atomic E-state index is 11.7. The molecule has 1 aliphatic rings. The molecule has 0 aliphatic heterocycles.